The zero-order valence-electron chi connectivity index (χ0n) is 54.9. The topological polar surface area (TPSA) is 319 Å². The molecule has 0 atom stereocenters. The Balaban J connectivity index is 0.00000292. The second-order valence-corrected chi connectivity index (χ2v) is 23.6. The fourth-order valence-electron chi connectivity index (χ4n) is 12.0. The first-order chi connectivity index (χ1) is 47.2. The van der Waals surface area contributed by atoms with Crippen LogP contribution in [0.2, 0.25) is 0 Å². The third kappa shape index (κ3) is 19.1. The minimum atomic E-state index is -0.212. The van der Waals surface area contributed by atoms with Crippen LogP contribution in [0.15, 0.2) is 141 Å². The number of halogens is 4. The van der Waals surface area contributed by atoms with Gasteiger partial charge < -0.3 is 73.8 Å². The molecule has 24 nitrogen and oxygen atoms in total. The lowest BCUT2D eigenvalue weighted by atomic mass is 10.0. The number of aliphatic imine (C=N–C) groups is 4. The average Bonchev–Trinajstić information content (AvgIpc) is 1.61. The van der Waals surface area contributed by atoms with Gasteiger partial charge in [0.1, 0.15) is 0 Å². The predicted octanol–water partition coefficient (Wildman–Crippen LogP) is 8.47. The minimum absolute atomic E-state index is 0. The molecule has 6 aliphatic heterocycles. The van der Waals surface area contributed by atoms with Gasteiger partial charge in [-0.2, -0.15) is 0 Å². The average molecular weight is 1800 g/mol. The maximum Gasteiger partial charge on any atom is 0.251 e. The van der Waals surface area contributed by atoms with Crippen molar-refractivity contribution in [1.29, 1.82) is 0 Å². The summed E-state index contributed by atoms with van der Waals surface area (Å²) in [5.41, 5.74) is 13.9. The zero-order valence-corrected chi connectivity index (χ0v) is 64.3. The molecule has 14 N–H and O–H groups in total. The fraction of sp³-hybridized carbons (Fsp3) is 0.278. The molecule has 0 saturated heterocycles. The summed E-state index contributed by atoms with van der Waals surface area (Å²) in [6, 6.07) is 38.3. The summed E-state index contributed by atoms with van der Waals surface area (Å²) in [4.78, 5) is 91.1. The Morgan fingerprint density at radius 3 is 0.800 bits per heavy atom. The molecule has 9 heterocycles. The highest BCUT2D eigenvalue weighted by atomic mass is 127. The summed E-state index contributed by atoms with van der Waals surface area (Å²) in [6.45, 7) is 10.2. The molecule has 0 radical (unpaired) electrons. The Morgan fingerprint density at radius 2 is 0.540 bits per heavy atom. The predicted molar refractivity (Wildman–Crippen MR) is 443 cm³/mol. The number of aromatic amines is 2. The number of hydrogen-bond donors (Lipinski definition) is 14. The number of hydrogen-bond acceptors (Lipinski definition) is 18. The highest BCUT2D eigenvalue weighted by molar-refractivity contribution is 14.0. The van der Waals surface area contributed by atoms with E-state index in [9.17, 15) is 19.2 Å². The number of amides is 4. The summed E-state index contributed by atoms with van der Waals surface area (Å²) < 4.78 is 0. The van der Waals surface area contributed by atoms with Gasteiger partial charge in [0, 0.05) is 171 Å². The van der Waals surface area contributed by atoms with E-state index in [0.717, 1.165) is 168 Å². The van der Waals surface area contributed by atoms with Gasteiger partial charge in [-0.25, -0.2) is 9.97 Å². The molecule has 100 heavy (non-hydrogen) atoms. The molecule has 0 spiro atoms. The number of aromatic nitrogens is 4. The van der Waals surface area contributed by atoms with E-state index in [4.69, 9.17) is 9.97 Å². The highest BCUT2D eigenvalue weighted by Crippen LogP contribution is 2.39. The molecule has 0 aliphatic carbocycles. The summed E-state index contributed by atoms with van der Waals surface area (Å²) in [5, 5.41) is 38.2. The van der Waals surface area contributed by atoms with Crippen molar-refractivity contribution in [3.05, 3.63) is 166 Å². The van der Waals surface area contributed by atoms with E-state index in [1.54, 1.807) is 0 Å². The molecule has 7 aromatic rings. The summed E-state index contributed by atoms with van der Waals surface area (Å²) in [5.74, 6) is 2.14. The maximum absolute atomic E-state index is 13.7. The summed E-state index contributed by atoms with van der Waals surface area (Å²) in [6.07, 6.45) is 11.9. The molecule has 8 bridgehead atoms. The molecule has 13 rings (SSSR count). The van der Waals surface area contributed by atoms with Crippen molar-refractivity contribution in [1.82, 2.24) is 83.7 Å². The number of carbonyl (C=O) groups is 4. The molecule has 4 amide bonds. The third-order valence-electron chi connectivity index (χ3n) is 16.9. The van der Waals surface area contributed by atoms with Gasteiger partial charge in [-0.05, 0) is 145 Å². The summed E-state index contributed by atoms with van der Waals surface area (Å²) in [7, 11) is 0. The van der Waals surface area contributed by atoms with E-state index in [1.165, 1.54) is 0 Å². The standard InChI is InChI=1S/C72H78N20O4.4HI/c93-65(73-37-41-85-69-77-29-1-30-78-69)49-13-5-45(6-14-49)61-53-21-23-55(89-53)62(46-7-15-50(16-8-46)66(94)74-38-42-86-70-79-31-2-32-80-70)57-25-27-59(91-57)64(48-11-19-52(20-12-48)68(96)76-40-44-88-72-83-35-4-36-84-72)60-28-26-58(92-60)63(56-24-22-54(61)90-56)47-9-17-51(18-10-47)67(95)75-39-43-87-71-81-33-3-34-82-71;;;;/h5-28,89-90H,1-4,29-44H2,(H,73,93)(H,74,94)(H,75,95)(H,76,96)(H2,77,78,85)(H2,79,80,86)(H2,81,82,87)(H2,83,84,88);4*1H. The number of nitrogens with zero attached hydrogens (tertiary/aromatic N) is 6. The zero-order chi connectivity index (χ0) is 65.4. The lowest BCUT2D eigenvalue weighted by Gasteiger charge is -2.16. The number of carbonyl (C=O) groups excluding carboxylic acids is 4. The van der Waals surface area contributed by atoms with Crippen LogP contribution in [-0.4, -0.2) is 172 Å². The molecule has 0 saturated carbocycles. The molecule has 4 aromatic carbocycles. The Bertz CT molecular complexity index is 4230. The first kappa shape index (κ1) is 75.6. The van der Waals surface area contributed by atoms with E-state index in [2.05, 4.69) is 93.7 Å². The Labute approximate surface area is 648 Å². The largest absolute Gasteiger partial charge is 0.356 e. The first-order valence-corrected chi connectivity index (χ1v) is 33.0. The fourth-order valence-corrected chi connectivity index (χ4v) is 12.0. The highest BCUT2D eigenvalue weighted by Gasteiger charge is 2.22. The number of fused-ring (bicyclic) bond motifs is 8. The van der Waals surface area contributed by atoms with Crippen LogP contribution in [0.5, 0.6) is 0 Å². The number of H-pyrrole nitrogens is 2. The molecule has 0 fully saturated rings. The van der Waals surface area contributed by atoms with Crippen molar-refractivity contribution in [2.75, 3.05) is 105 Å². The Kier molecular flexibility index (Phi) is 28.1. The van der Waals surface area contributed by atoms with Crippen LogP contribution in [0.25, 0.3) is 90.9 Å². The number of benzene rings is 4. The van der Waals surface area contributed by atoms with E-state index < -0.39 is 0 Å². The van der Waals surface area contributed by atoms with Crippen LogP contribution in [0.4, 0.5) is 0 Å². The second-order valence-electron chi connectivity index (χ2n) is 23.6. The monoisotopic (exact) mass is 1800 g/mol. The van der Waals surface area contributed by atoms with Crippen molar-refractivity contribution >= 4 is 190 Å². The molecule has 522 valence electrons. The normalized spacial score (nSPS) is 14.2. The van der Waals surface area contributed by atoms with Crippen LogP contribution in [-0.2, 0) is 0 Å². The molecule has 6 aliphatic rings. The lowest BCUT2D eigenvalue weighted by Crippen LogP contribution is -2.43. The number of nitrogens with one attached hydrogen (secondary N) is 14. The molecule has 28 heteroatoms. The van der Waals surface area contributed by atoms with E-state index >= 15 is 0 Å². The maximum atomic E-state index is 13.7. The van der Waals surface area contributed by atoms with Crippen molar-refractivity contribution in [2.24, 2.45) is 20.0 Å². The SMILES string of the molecule is I.I.I.I.O=C(NCCNC1=NCCCN1)c1ccc(-c2c3nc(c(-c4ccc(C(=O)NCCNC5=NCCCN5)cc4)c4ccc([nH]4)c(-c4ccc(C(=O)NCCNC5=NCCCN5)cc4)c4ccc([nH]4)c(-c4ccc(C(=O)NCCNC5=NCCCN5)cc4)c4nc2C=C4)C=C3)cc1. The second kappa shape index (κ2) is 37.2. The van der Waals surface area contributed by atoms with Gasteiger partial charge in [-0.15, -0.1) is 95.9 Å². The van der Waals surface area contributed by atoms with Crippen molar-refractivity contribution < 1.29 is 19.2 Å². The van der Waals surface area contributed by atoms with Gasteiger partial charge >= 0.3 is 0 Å². The van der Waals surface area contributed by atoms with Gasteiger partial charge in [-0.1, -0.05) is 48.5 Å². The van der Waals surface area contributed by atoms with Gasteiger partial charge in [-0.3, -0.25) is 39.1 Å². The van der Waals surface area contributed by atoms with Crippen LogP contribution in [0, 0.1) is 0 Å². The van der Waals surface area contributed by atoms with Crippen LogP contribution in [0.3, 0.4) is 0 Å². The molecular formula is C72H82I4N20O4. The lowest BCUT2D eigenvalue weighted by molar-refractivity contribution is 0.0946. The molecule has 0 unspecified atom stereocenters. The van der Waals surface area contributed by atoms with Crippen molar-refractivity contribution in [3.8, 4) is 44.5 Å². The smallest absolute Gasteiger partial charge is 0.251 e. The van der Waals surface area contributed by atoms with Crippen LogP contribution < -0.4 is 63.8 Å². The number of rotatable bonds is 20. The Hall–Kier alpha value is -8.64. The third-order valence-corrected chi connectivity index (χ3v) is 16.9. The first-order valence-electron chi connectivity index (χ1n) is 33.0. The van der Waals surface area contributed by atoms with Crippen LogP contribution >= 0.6 is 95.9 Å². The van der Waals surface area contributed by atoms with Crippen LogP contribution in [0.1, 0.15) is 89.9 Å². The molecule has 3 aromatic heterocycles. The quantitative estimate of drug-likeness (QED) is 0.0251. The summed E-state index contributed by atoms with van der Waals surface area (Å²) >= 11 is 0. The van der Waals surface area contributed by atoms with E-state index in [-0.39, 0.29) is 120 Å². The van der Waals surface area contributed by atoms with Crippen molar-refractivity contribution in [3.63, 3.8) is 0 Å². The molecular weight excluding hydrogens is 1720 g/mol. The Morgan fingerprint density at radius 1 is 0.300 bits per heavy atom. The van der Waals surface area contributed by atoms with Gasteiger partial charge in [0.25, 0.3) is 23.6 Å². The minimum Gasteiger partial charge on any atom is -0.356 e. The van der Waals surface area contributed by atoms with Gasteiger partial charge in [0.15, 0.2) is 23.8 Å². The van der Waals surface area contributed by atoms with E-state index in [0.29, 0.717) is 97.4 Å². The van der Waals surface area contributed by atoms with Gasteiger partial charge in [0.2, 0.25) is 0 Å². The van der Waals surface area contributed by atoms with Crippen molar-refractivity contribution in [2.45, 2.75) is 25.7 Å². The van der Waals surface area contributed by atoms with E-state index in [1.807, 2.05) is 146 Å². The van der Waals surface area contributed by atoms with Gasteiger partial charge in [0.05, 0.1) is 22.8 Å². The number of guanidine groups is 4.